The van der Waals surface area contributed by atoms with Gasteiger partial charge in [-0.25, -0.2) is 9.78 Å². The highest BCUT2D eigenvalue weighted by Gasteiger charge is 2.17. The van der Waals surface area contributed by atoms with Crippen LogP contribution in [0, 0.1) is 0 Å². The van der Waals surface area contributed by atoms with E-state index in [0.29, 0.717) is 10.2 Å². The molecule has 2 rings (SSSR count). The molecule has 100 valence electrons. The topological polar surface area (TPSA) is 51.2 Å². The van der Waals surface area contributed by atoms with E-state index in [9.17, 15) is 4.79 Å². The van der Waals surface area contributed by atoms with Crippen molar-refractivity contribution >= 4 is 67.3 Å². The van der Waals surface area contributed by atoms with Crippen molar-refractivity contribution in [2.45, 2.75) is 0 Å². The summed E-state index contributed by atoms with van der Waals surface area (Å²) in [6.45, 7) is 0. The zero-order valence-corrected chi connectivity index (χ0v) is 13.5. The second-order valence-corrected chi connectivity index (χ2v) is 6.03. The molecule has 1 aromatic carbocycles. The Morgan fingerprint density at radius 1 is 1.47 bits per heavy atom. The minimum absolute atomic E-state index is 0.109. The summed E-state index contributed by atoms with van der Waals surface area (Å²) in [5, 5.41) is 4.21. The zero-order chi connectivity index (χ0) is 14.0. The Kier molecular flexibility index (Phi) is 4.67. The fourth-order valence-electron chi connectivity index (χ4n) is 1.28. The van der Waals surface area contributed by atoms with Gasteiger partial charge in [0, 0.05) is 9.50 Å². The first kappa shape index (κ1) is 14.6. The second-order valence-electron chi connectivity index (χ2n) is 3.38. The van der Waals surface area contributed by atoms with E-state index >= 15 is 0 Å². The summed E-state index contributed by atoms with van der Waals surface area (Å²) < 4.78 is 5.43. The number of esters is 1. The third kappa shape index (κ3) is 3.39. The van der Waals surface area contributed by atoms with Gasteiger partial charge < -0.3 is 10.1 Å². The lowest BCUT2D eigenvalue weighted by Gasteiger charge is -2.05. The van der Waals surface area contributed by atoms with Gasteiger partial charge in [0.05, 0.1) is 12.8 Å². The van der Waals surface area contributed by atoms with Crippen LogP contribution in [0.1, 0.15) is 9.67 Å². The molecule has 8 heteroatoms. The lowest BCUT2D eigenvalue weighted by Crippen LogP contribution is -1.98. The first-order chi connectivity index (χ1) is 9.01. The van der Waals surface area contributed by atoms with Crippen LogP contribution in [0.3, 0.4) is 0 Å². The van der Waals surface area contributed by atoms with Crippen molar-refractivity contribution in [3.63, 3.8) is 0 Å². The van der Waals surface area contributed by atoms with Crippen LogP contribution in [0.4, 0.5) is 10.8 Å². The number of aromatic nitrogens is 1. The predicted molar refractivity (Wildman–Crippen MR) is 80.9 cm³/mol. The largest absolute Gasteiger partial charge is 0.465 e. The van der Waals surface area contributed by atoms with Crippen molar-refractivity contribution in [3.8, 4) is 0 Å². The van der Waals surface area contributed by atoms with Gasteiger partial charge in [0.1, 0.15) is 0 Å². The molecule has 19 heavy (non-hydrogen) atoms. The Morgan fingerprint density at radius 3 is 2.89 bits per heavy atom. The monoisotopic (exact) mass is 380 g/mol. The number of hydrogen-bond donors (Lipinski definition) is 1. The van der Waals surface area contributed by atoms with E-state index in [4.69, 9.17) is 23.2 Å². The summed E-state index contributed by atoms with van der Waals surface area (Å²) in [7, 11) is 1.29. The number of halogens is 3. The molecule has 1 heterocycles. The van der Waals surface area contributed by atoms with Crippen LogP contribution >= 0.6 is 50.5 Å². The summed E-state index contributed by atoms with van der Waals surface area (Å²) in [6.07, 6.45) is 0. The van der Waals surface area contributed by atoms with Crippen LogP contribution in [0.25, 0.3) is 0 Å². The summed E-state index contributed by atoms with van der Waals surface area (Å²) in [5.74, 6) is -0.513. The van der Waals surface area contributed by atoms with E-state index in [0.717, 1.165) is 21.5 Å². The third-order valence-corrected chi connectivity index (χ3v) is 4.39. The Labute approximate surface area is 131 Å². The summed E-state index contributed by atoms with van der Waals surface area (Å²) in [5.41, 5.74) is 0.731. The number of ether oxygens (including phenoxy) is 1. The highest BCUT2D eigenvalue weighted by Crippen LogP contribution is 2.33. The van der Waals surface area contributed by atoms with Gasteiger partial charge in [-0.2, -0.15) is 0 Å². The Morgan fingerprint density at radius 2 is 2.21 bits per heavy atom. The number of hydrogen-bond acceptors (Lipinski definition) is 5. The quantitative estimate of drug-likeness (QED) is 0.780. The molecule has 1 aromatic heterocycles. The first-order valence-corrected chi connectivity index (χ1v) is 7.34. The van der Waals surface area contributed by atoms with Gasteiger partial charge in [-0.05, 0) is 34.1 Å². The number of nitrogens with one attached hydrogen (secondary N) is 1. The minimum atomic E-state index is -0.513. The maximum absolute atomic E-state index is 11.4. The SMILES string of the molecule is COC(=O)c1sc(Nc2cc(Cl)ccc2Br)nc1Cl. The molecular formula is C11H7BrCl2N2O2S. The lowest BCUT2D eigenvalue weighted by atomic mass is 10.3. The van der Waals surface area contributed by atoms with E-state index in [1.54, 1.807) is 18.2 Å². The van der Waals surface area contributed by atoms with Crippen molar-refractivity contribution in [3.05, 3.63) is 37.7 Å². The highest BCUT2D eigenvalue weighted by molar-refractivity contribution is 9.10. The standard InChI is InChI=1S/C11H7BrCl2N2O2S/c1-18-10(17)8-9(14)16-11(19-8)15-7-4-5(13)2-3-6(7)12/h2-4H,1H3,(H,15,16). The average Bonchev–Trinajstić information content (AvgIpc) is 2.74. The molecule has 0 saturated carbocycles. The average molecular weight is 382 g/mol. The molecule has 0 radical (unpaired) electrons. The van der Waals surface area contributed by atoms with Gasteiger partial charge in [0.15, 0.2) is 15.2 Å². The van der Waals surface area contributed by atoms with Crippen molar-refractivity contribution < 1.29 is 9.53 Å². The van der Waals surface area contributed by atoms with E-state index in [-0.39, 0.29) is 10.0 Å². The van der Waals surface area contributed by atoms with Gasteiger partial charge in [-0.15, -0.1) is 0 Å². The molecule has 0 aliphatic rings. The van der Waals surface area contributed by atoms with Gasteiger partial charge in [-0.1, -0.05) is 34.5 Å². The fourth-order valence-corrected chi connectivity index (χ4v) is 2.92. The molecule has 0 aliphatic carbocycles. The Hall–Kier alpha value is -0.820. The number of thiazole rings is 1. The predicted octanol–water partition coefficient (Wildman–Crippen LogP) is 4.74. The van der Waals surface area contributed by atoms with Crippen LogP contribution in [-0.4, -0.2) is 18.1 Å². The number of rotatable bonds is 3. The summed E-state index contributed by atoms with van der Waals surface area (Å²) in [4.78, 5) is 15.7. The maximum Gasteiger partial charge on any atom is 0.351 e. The molecule has 0 bridgehead atoms. The van der Waals surface area contributed by atoms with Crippen LogP contribution in [0.15, 0.2) is 22.7 Å². The van der Waals surface area contributed by atoms with Crippen molar-refractivity contribution in [2.24, 2.45) is 0 Å². The number of anilines is 2. The van der Waals surface area contributed by atoms with Gasteiger partial charge in [0.2, 0.25) is 0 Å². The summed E-state index contributed by atoms with van der Waals surface area (Å²) >= 11 is 16.3. The van der Waals surface area contributed by atoms with Crippen LogP contribution in [-0.2, 0) is 4.74 Å². The number of carbonyl (C=O) groups is 1. The molecule has 0 spiro atoms. The normalized spacial score (nSPS) is 10.3. The van der Waals surface area contributed by atoms with Crippen LogP contribution < -0.4 is 5.32 Å². The van der Waals surface area contributed by atoms with Crippen LogP contribution in [0.5, 0.6) is 0 Å². The number of carbonyl (C=O) groups excluding carboxylic acids is 1. The molecule has 2 aromatic rings. The molecule has 0 aliphatic heterocycles. The Balaban J connectivity index is 2.29. The van der Waals surface area contributed by atoms with E-state index in [1.165, 1.54) is 7.11 Å². The van der Waals surface area contributed by atoms with Crippen LogP contribution in [0.2, 0.25) is 10.2 Å². The summed E-state index contributed by atoms with van der Waals surface area (Å²) in [6, 6.07) is 5.30. The second kappa shape index (κ2) is 6.09. The van der Waals surface area contributed by atoms with Crippen molar-refractivity contribution in [1.29, 1.82) is 0 Å². The molecule has 0 amide bonds. The van der Waals surface area contributed by atoms with Crippen molar-refractivity contribution in [1.82, 2.24) is 4.98 Å². The molecule has 0 saturated heterocycles. The van der Waals surface area contributed by atoms with E-state index in [1.807, 2.05) is 0 Å². The molecule has 0 fully saturated rings. The van der Waals surface area contributed by atoms with Crippen molar-refractivity contribution in [2.75, 3.05) is 12.4 Å². The van der Waals surface area contributed by atoms with Gasteiger partial charge in [-0.3, -0.25) is 0 Å². The van der Waals surface area contributed by atoms with E-state index < -0.39 is 5.97 Å². The molecule has 0 unspecified atom stereocenters. The van der Waals surface area contributed by atoms with Gasteiger partial charge >= 0.3 is 5.97 Å². The first-order valence-electron chi connectivity index (χ1n) is 4.98. The third-order valence-electron chi connectivity index (χ3n) is 2.13. The smallest absolute Gasteiger partial charge is 0.351 e. The molecule has 0 atom stereocenters. The van der Waals surface area contributed by atoms with E-state index in [2.05, 4.69) is 31.0 Å². The van der Waals surface area contributed by atoms with Gasteiger partial charge in [0.25, 0.3) is 0 Å². The lowest BCUT2D eigenvalue weighted by molar-refractivity contribution is 0.0606. The molecule has 1 N–H and O–H groups in total. The molecular weight excluding hydrogens is 375 g/mol. The highest BCUT2D eigenvalue weighted by atomic mass is 79.9. The zero-order valence-electron chi connectivity index (χ0n) is 9.54. The number of nitrogens with zero attached hydrogens (tertiary/aromatic N) is 1. The number of methoxy groups -OCH3 is 1. The fraction of sp³-hybridized carbons (Fsp3) is 0.0909. The minimum Gasteiger partial charge on any atom is -0.465 e. The molecule has 4 nitrogen and oxygen atoms in total. The Bertz CT molecular complexity index is 633. The number of benzene rings is 1. The maximum atomic E-state index is 11.4.